The molecule has 1 aliphatic carbocycles. The van der Waals surface area contributed by atoms with Crippen LogP contribution in [0.2, 0.25) is 0 Å². The van der Waals surface area contributed by atoms with Crippen LogP contribution in [0.15, 0.2) is 30.3 Å². The minimum Gasteiger partial charge on any atom is -0.0724 e. The van der Waals surface area contributed by atoms with Crippen LogP contribution in [-0.2, 0) is 6.42 Å². The van der Waals surface area contributed by atoms with Gasteiger partial charge in [0, 0.05) is 0 Å². The highest BCUT2D eigenvalue weighted by molar-refractivity contribution is 9.25. The van der Waals surface area contributed by atoms with Gasteiger partial charge in [-0.25, -0.2) is 0 Å². The van der Waals surface area contributed by atoms with Gasteiger partial charge in [0.15, 0.2) is 0 Å². The van der Waals surface area contributed by atoms with E-state index in [9.17, 15) is 0 Å². The maximum Gasteiger partial charge on any atom is 0.0836 e. The SMILES string of the molecule is BrC1(Br)CCC1Cc1ccccc1. The first-order valence-electron chi connectivity index (χ1n) is 4.60. The first-order chi connectivity index (χ1) is 6.18. The third-order valence-corrected chi connectivity index (χ3v) is 4.84. The number of hydrogen-bond donors (Lipinski definition) is 0. The second-order valence-electron chi connectivity index (χ2n) is 3.69. The van der Waals surface area contributed by atoms with Crippen LogP contribution in [0.25, 0.3) is 0 Å². The van der Waals surface area contributed by atoms with Crippen molar-refractivity contribution in [3.63, 3.8) is 0 Å². The van der Waals surface area contributed by atoms with Crippen LogP contribution >= 0.6 is 31.9 Å². The Morgan fingerprint density at radius 1 is 1.23 bits per heavy atom. The van der Waals surface area contributed by atoms with E-state index >= 15 is 0 Å². The monoisotopic (exact) mass is 302 g/mol. The molecule has 0 nitrogen and oxygen atoms in total. The summed E-state index contributed by atoms with van der Waals surface area (Å²) in [6.45, 7) is 0. The van der Waals surface area contributed by atoms with Gasteiger partial charge < -0.3 is 0 Å². The molecular weight excluding hydrogens is 292 g/mol. The van der Waals surface area contributed by atoms with Crippen molar-refractivity contribution in [3.05, 3.63) is 35.9 Å². The quantitative estimate of drug-likeness (QED) is 0.721. The molecule has 0 radical (unpaired) electrons. The lowest BCUT2D eigenvalue weighted by Gasteiger charge is -2.40. The topological polar surface area (TPSA) is 0 Å². The normalized spacial score (nSPS) is 25.2. The van der Waals surface area contributed by atoms with Gasteiger partial charge in [0.25, 0.3) is 0 Å². The Balaban J connectivity index is 2.00. The molecule has 1 fully saturated rings. The van der Waals surface area contributed by atoms with Gasteiger partial charge in [0.05, 0.1) is 3.23 Å². The Hall–Kier alpha value is 0.180. The molecule has 1 unspecified atom stereocenters. The maximum atomic E-state index is 3.70. The molecule has 1 atom stereocenters. The summed E-state index contributed by atoms with van der Waals surface area (Å²) < 4.78 is 0.218. The smallest absolute Gasteiger partial charge is 0.0724 e. The van der Waals surface area contributed by atoms with Gasteiger partial charge in [-0.15, -0.1) is 0 Å². The van der Waals surface area contributed by atoms with Crippen molar-refractivity contribution in [2.45, 2.75) is 22.5 Å². The predicted molar refractivity (Wildman–Crippen MR) is 63.5 cm³/mol. The van der Waals surface area contributed by atoms with E-state index in [1.54, 1.807) is 0 Å². The van der Waals surface area contributed by atoms with E-state index in [1.807, 2.05) is 0 Å². The molecule has 1 aromatic carbocycles. The number of hydrogen-bond acceptors (Lipinski definition) is 0. The first kappa shape index (κ1) is 9.72. The highest BCUT2D eigenvalue weighted by atomic mass is 79.9. The molecule has 13 heavy (non-hydrogen) atoms. The molecule has 0 N–H and O–H groups in total. The van der Waals surface area contributed by atoms with Crippen molar-refractivity contribution in [2.75, 3.05) is 0 Å². The molecule has 0 heterocycles. The average Bonchev–Trinajstić information content (AvgIpc) is 2.15. The summed E-state index contributed by atoms with van der Waals surface area (Å²) in [6.07, 6.45) is 3.74. The van der Waals surface area contributed by atoms with Crippen molar-refractivity contribution in [3.8, 4) is 0 Å². The van der Waals surface area contributed by atoms with Crippen molar-refractivity contribution >= 4 is 31.9 Å². The maximum absolute atomic E-state index is 3.70. The van der Waals surface area contributed by atoms with E-state index in [1.165, 1.54) is 24.8 Å². The van der Waals surface area contributed by atoms with E-state index in [4.69, 9.17) is 0 Å². The largest absolute Gasteiger partial charge is 0.0836 e. The zero-order valence-electron chi connectivity index (χ0n) is 7.34. The molecule has 70 valence electrons. The standard InChI is InChI=1S/C11H12Br2/c12-11(13)7-6-10(11)8-9-4-2-1-3-5-9/h1-5,10H,6-8H2. The number of halogens is 2. The zero-order valence-corrected chi connectivity index (χ0v) is 10.5. The number of rotatable bonds is 2. The van der Waals surface area contributed by atoms with E-state index in [0.717, 1.165) is 5.92 Å². The highest BCUT2D eigenvalue weighted by Gasteiger charge is 2.41. The van der Waals surface area contributed by atoms with Crippen LogP contribution in [-0.4, -0.2) is 3.23 Å². The average molecular weight is 304 g/mol. The van der Waals surface area contributed by atoms with Crippen molar-refractivity contribution < 1.29 is 0 Å². The minimum atomic E-state index is 0.218. The Morgan fingerprint density at radius 3 is 2.38 bits per heavy atom. The van der Waals surface area contributed by atoms with Crippen LogP contribution in [0, 0.1) is 5.92 Å². The highest BCUT2D eigenvalue weighted by Crippen LogP contribution is 2.51. The van der Waals surface area contributed by atoms with Crippen LogP contribution in [0.3, 0.4) is 0 Å². The van der Waals surface area contributed by atoms with E-state index in [0.29, 0.717) is 0 Å². The first-order valence-corrected chi connectivity index (χ1v) is 6.19. The van der Waals surface area contributed by atoms with Gasteiger partial charge in [-0.2, -0.15) is 0 Å². The van der Waals surface area contributed by atoms with E-state index < -0.39 is 0 Å². The molecular formula is C11H12Br2. The van der Waals surface area contributed by atoms with Gasteiger partial charge in [0.2, 0.25) is 0 Å². The summed E-state index contributed by atoms with van der Waals surface area (Å²) in [5.41, 5.74) is 1.44. The van der Waals surface area contributed by atoms with Gasteiger partial charge in [-0.05, 0) is 30.7 Å². The Morgan fingerprint density at radius 2 is 1.92 bits per heavy atom. The third-order valence-electron chi connectivity index (χ3n) is 2.75. The molecule has 0 bridgehead atoms. The van der Waals surface area contributed by atoms with Gasteiger partial charge in [-0.3, -0.25) is 0 Å². The Bertz CT molecular complexity index is 279. The molecule has 1 saturated carbocycles. The zero-order chi connectivity index (χ0) is 9.31. The van der Waals surface area contributed by atoms with Crippen LogP contribution in [0.4, 0.5) is 0 Å². The summed E-state index contributed by atoms with van der Waals surface area (Å²) in [5.74, 6) is 0.745. The summed E-state index contributed by atoms with van der Waals surface area (Å²) >= 11 is 7.41. The van der Waals surface area contributed by atoms with Gasteiger partial charge in [-0.1, -0.05) is 62.2 Å². The fraction of sp³-hybridized carbons (Fsp3) is 0.455. The molecule has 0 saturated heterocycles. The molecule has 1 aliphatic rings. The van der Waals surface area contributed by atoms with Crippen LogP contribution < -0.4 is 0 Å². The molecule has 2 rings (SSSR count). The lowest BCUT2D eigenvalue weighted by atomic mass is 9.80. The third kappa shape index (κ3) is 2.16. The van der Waals surface area contributed by atoms with Gasteiger partial charge in [0.1, 0.15) is 0 Å². The molecule has 2 heteroatoms. The fourth-order valence-electron chi connectivity index (χ4n) is 1.72. The predicted octanol–water partition coefficient (Wildman–Crippen LogP) is 4.13. The Labute approximate surface area is 96.0 Å². The molecule has 0 aromatic heterocycles. The lowest BCUT2D eigenvalue weighted by Crippen LogP contribution is -2.36. The van der Waals surface area contributed by atoms with Crippen molar-refractivity contribution in [1.29, 1.82) is 0 Å². The van der Waals surface area contributed by atoms with Gasteiger partial charge >= 0.3 is 0 Å². The second kappa shape index (κ2) is 3.74. The van der Waals surface area contributed by atoms with Crippen molar-refractivity contribution in [1.82, 2.24) is 0 Å². The number of benzene rings is 1. The number of alkyl halides is 2. The molecule has 0 spiro atoms. The fourth-order valence-corrected chi connectivity index (χ4v) is 2.96. The van der Waals surface area contributed by atoms with Crippen molar-refractivity contribution in [2.24, 2.45) is 5.92 Å². The van der Waals surface area contributed by atoms with E-state index in [2.05, 4.69) is 62.2 Å². The Kier molecular flexibility index (Phi) is 2.80. The van der Waals surface area contributed by atoms with Crippen LogP contribution in [0.5, 0.6) is 0 Å². The summed E-state index contributed by atoms with van der Waals surface area (Å²) in [5, 5.41) is 0. The molecule has 1 aromatic rings. The molecule has 0 amide bonds. The summed E-state index contributed by atoms with van der Waals surface area (Å²) in [4.78, 5) is 0. The summed E-state index contributed by atoms with van der Waals surface area (Å²) in [7, 11) is 0. The molecule has 0 aliphatic heterocycles. The van der Waals surface area contributed by atoms with E-state index in [-0.39, 0.29) is 3.23 Å². The second-order valence-corrected chi connectivity index (χ2v) is 7.58. The summed E-state index contributed by atoms with van der Waals surface area (Å²) in [6, 6.07) is 10.7. The van der Waals surface area contributed by atoms with Crippen LogP contribution in [0.1, 0.15) is 18.4 Å². The lowest BCUT2D eigenvalue weighted by molar-refractivity contribution is 0.313. The minimum absolute atomic E-state index is 0.218.